The Bertz CT molecular complexity index is 385. The van der Waals surface area contributed by atoms with Crippen LogP contribution in [0.5, 0.6) is 0 Å². The van der Waals surface area contributed by atoms with Crippen molar-refractivity contribution in [2.75, 3.05) is 0 Å². The van der Waals surface area contributed by atoms with Crippen LogP contribution in [0.15, 0.2) is 0 Å². The fourth-order valence-corrected chi connectivity index (χ4v) is 7.66. The second kappa shape index (κ2) is 4.50. The van der Waals surface area contributed by atoms with Crippen LogP contribution in [0.2, 0.25) is 0 Å². The van der Waals surface area contributed by atoms with Crippen molar-refractivity contribution in [1.82, 2.24) is 0 Å². The molecule has 4 saturated carbocycles. The first kappa shape index (κ1) is 13.6. The lowest BCUT2D eigenvalue weighted by molar-refractivity contribution is -0.128. The molecule has 0 nitrogen and oxygen atoms in total. The van der Waals surface area contributed by atoms with E-state index in [1.165, 1.54) is 25.7 Å². The molecule has 0 saturated heterocycles. The zero-order valence-electron chi connectivity index (χ0n) is 14.0. The Kier molecular flexibility index (Phi) is 3.07. The molecule has 0 spiro atoms. The van der Waals surface area contributed by atoms with Crippen LogP contribution in [-0.4, -0.2) is 0 Å². The molecular weight excluding hydrogens is 240 g/mol. The summed E-state index contributed by atoms with van der Waals surface area (Å²) in [6, 6.07) is 0. The Morgan fingerprint density at radius 2 is 1.65 bits per heavy atom. The predicted molar refractivity (Wildman–Crippen MR) is 85.5 cm³/mol. The van der Waals surface area contributed by atoms with Gasteiger partial charge in [0.1, 0.15) is 0 Å². The quantitative estimate of drug-likeness (QED) is 0.504. The molecule has 4 aliphatic rings. The lowest BCUT2D eigenvalue weighted by Crippen LogP contribution is -2.54. The SMILES string of the molecule is CC1CC2CCCC[C@]2(C)[C@@H]2CC[C@]3(C)CCC[C@H]3[C@H]12. The summed E-state index contributed by atoms with van der Waals surface area (Å²) in [5, 5.41) is 0. The standard InChI is InChI=1S/C20H34/c1-14-13-15-7-4-5-11-20(15,3)17-9-12-19(2)10-6-8-16(19)18(14)17/h14-18H,4-13H2,1-3H3/t14?,15?,16-,17+,18-,19-,20-/m0/s1. The summed E-state index contributed by atoms with van der Waals surface area (Å²) in [4.78, 5) is 0. The van der Waals surface area contributed by atoms with Crippen LogP contribution >= 0.6 is 0 Å². The molecule has 114 valence electrons. The maximum Gasteiger partial charge on any atom is -0.0266 e. The van der Waals surface area contributed by atoms with E-state index < -0.39 is 0 Å². The summed E-state index contributed by atoms with van der Waals surface area (Å²) < 4.78 is 0. The molecule has 0 heterocycles. The molecule has 0 heteroatoms. The van der Waals surface area contributed by atoms with Gasteiger partial charge >= 0.3 is 0 Å². The van der Waals surface area contributed by atoms with E-state index in [-0.39, 0.29) is 0 Å². The average molecular weight is 274 g/mol. The fourth-order valence-electron chi connectivity index (χ4n) is 7.66. The molecule has 4 rings (SSSR count). The van der Waals surface area contributed by atoms with Crippen molar-refractivity contribution < 1.29 is 0 Å². The summed E-state index contributed by atoms with van der Waals surface area (Å²) in [5.41, 5.74) is 1.45. The molecule has 0 bridgehead atoms. The zero-order valence-corrected chi connectivity index (χ0v) is 14.0. The smallest absolute Gasteiger partial charge is 0.0266 e. The van der Waals surface area contributed by atoms with E-state index in [9.17, 15) is 0 Å². The minimum atomic E-state index is 0.722. The topological polar surface area (TPSA) is 0 Å². The number of hydrogen-bond acceptors (Lipinski definition) is 0. The molecule has 7 atom stereocenters. The van der Waals surface area contributed by atoms with E-state index >= 15 is 0 Å². The summed E-state index contributed by atoms with van der Waals surface area (Å²) in [6.07, 6.45) is 15.4. The highest BCUT2D eigenvalue weighted by atomic mass is 14.6. The van der Waals surface area contributed by atoms with Gasteiger partial charge in [0.05, 0.1) is 0 Å². The number of fused-ring (bicyclic) bond motifs is 5. The minimum Gasteiger partial charge on any atom is -0.0622 e. The second-order valence-electron chi connectivity index (χ2n) is 9.54. The maximum absolute atomic E-state index is 2.71. The lowest BCUT2D eigenvalue weighted by Gasteiger charge is -2.62. The first-order chi connectivity index (χ1) is 9.55. The number of hydrogen-bond donors (Lipinski definition) is 0. The molecule has 0 aromatic heterocycles. The van der Waals surface area contributed by atoms with E-state index in [0.29, 0.717) is 0 Å². The molecule has 0 N–H and O–H groups in total. The van der Waals surface area contributed by atoms with Gasteiger partial charge in [-0.1, -0.05) is 40.0 Å². The Balaban J connectivity index is 1.69. The first-order valence-corrected chi connectivity index (χ1v) is 9.55. The van der Waals surface area contributed by atoms with Crippen molar-refractivity contribution in [3.05, 3.63) is 0 Å². The van der Waals surface area contributed by atoms with Crippen LogP contribution in [-0.2, 0) is 0 Å². The van der Waals surface area contributed by atoms with Crippen LogP contribution in [0.1, 0.15) is 85.0 Å². The van der Waals surface area contributed by atoms with E-state index in [0.717, 1.165) is 40.4 Å². The van der Waals surface area contributed by atoms with E-state index in [1.807, 2.05) is 0 Å². The maximum atomic E-state index is 2.71. The van der Waals surface area contributed by atoms with Gasteiger partial charge < -0.3 is 0 Å². The van der Waals surface area contributed by atoms with Crippen molar-refractivity contribution in [1.29, 1.82) is 0 Å². The van der Waals surface area contributed by atoms with Crippen LogP contribution < -0.4 is 0 Å². The van der Waals surface area contributed by atoms with E-state index in [2.05, 4.69) is 20.8 Å². The van der Waals surface area contributed by atoms with Gasteiger partial charge in [-0.3, -0.25) is 0 Å². The molecule has 4 aliphatic carbocycles. The monoisotopic (exact) mass is 274 g/mol. The van der Waals surface area contributed by atoms with Crippen molar-refractivity contribution in [2.24, 2.45) is 40.4 Å². The molecular formula is C20H34. The molecule has 0 aromatic rings. The molecule has 0 aromatic carbocycles. The normalized spacial score (nSPS) is 58.6. The van der Waals surface area contributed by atoms with Crippen molar-refractivity contribution >= 4 is 0 Å². The van der Waals surface area contributed by atoms with Crippen LogP contribution in [0.25, 0.3) is 0 Å². The number of rotatable bonds is 0. The van der Waals surface area contributed by atoms with Gasteiger partial charge in [-0.25, -0.2) is 0 Å². The van der Waals surface area contributed by atoms with Gasteiger partial charge in [-0.2, -0.15) is 0 Å². The van der Waals surface area contributed by atoms with Crippen molar-refractivity contribution in [3.8, 4) is 0 Å². The Morgan fingerprint density at radius 3 is 2.50 bits per heavy atom. The van der Waals surface area contributed by atoms with Crippen LogP contribution in [0.4, 0.5) is 0 Å². The third-order valence-corrected chi connectivity index (χ3v) is 8.72. The van der Waals surface area contributed by atoms with E-state index in [4.69, 9.17) is 0 Å². The van der Waals surface area contributed by atoms with Gasteiger partial charge in [0, 0.05) is 0 Å². The van der Waals surface area contributed by atoms with E-state index in [1.54, 1.807) is 38.5 Å². The largest absolute Gasteiger partial charge is 0.0622 e. The van der Waals surface area contributed by atoms with Crippen molar-refractivity contribution in [3.63, 3.8) is 0 Å². The second-order valence-corrected chi connectivity index (χ2v) is 9.54. The summed E-state index contributed by atoms with van der Waals surface area (Å²) in [7, 11) is 0. The van der Waals surface area contributed by atoms with Gasteiger partial charge in [-0.05, 0) is 85.4 Å². The third kappa shape index (κ3) is 1.72. The molecule has 4 fully saturated rings. The minimum absolute atomic E-state index is 0.722. The third-order valence-electron chi connectivity index (χ3n) is 8.72. The molecule has 0 radical (unpaired) electrons. The molecule has 0 aliphatic heterocycles. The van der Waals surface area contributed by atoms with Gasteiger partial charge in [0.2, 0.25) is 0 Å². The molecule has 2 unspecified atom stereocenters. The molecule has 20 heavy (non-hydrogen) atoms. The Morgan fingerprint density at radius 1 is 0.800 bits per heavy atom. The van der Waals surface area contributed by atoms with Gasteiger partial charge in [-0.15, -0.1) is 0 Å². The average Bonchev–Trinajstić information content (AvgIpc) is 2.81. The summed E-state index contributed by atoms with van der Waals surface area (Å²) in [5.74, 6) is 5.32. The predicted octanol–water partition coefficient (Wildman–Crippen LogP) is 6.06. The van der Waals surface area contributed by atoms with Gasteiger partial charge in [0.25, 0.3) is 0 Å². The highest BCUT2D eigenvalue weighted by Gasteiger charge is 2.58. The lowest BCUT2D eigenvalue weighted by atomic mass is 9.43. The van der Waals surface area contributed by atoms with Gasteiger partial charge in [0.15, 0.2) is 0 Å². The van der Waals surface area contributed by atoms with Crippen LogP contribution in [0.3, 0.4) is 0 Å². The summed E-state index contributed by atoms with van der Waals surface area (Å²) in [6.45, 7) is 7.97. The van der Waals surface area contributed by atoms with Crippen molar-refractivity contribution in [2.45, 2.75) is 85.0 Å². The van der Waals surface area contributed by atoms with Crippen LogP contribution in [0, 0.1) is 40.4 Å². The zero-order chi connectivity index (χ0) is 14.0. The molecule has 0 amide bonds. The summed E-state index contributed by atoms with van der Waals surface area (Å²) >= 11 is 0. The first-order valence-electron chi connectivity index (χ1n) is 9.55. The Labute approximate surface area is 126 Å². The Hall–Kier alpha value is 0. The fraction of sp³-hybridized carbons (Fsp3) is 1.00. The highest BCUT2D eigenvalue weighted by molar-refractivity contribution is 5.08. The highest BCUT2D eigenvalue weighted by Crippen LogP contribution is 2.67.